The SMILES string of the molecule is C=N/C=C(\C=C(/C)NC(=C)C(=O)F)C(=C)[N-]c1c(C)cc(C(F)(C(F)(F)F)C(F)(F)F)cc1C(F)(F)F.[Na+]. The molecular weight excluding hydrogens is 554 g/mol. The second kappa shape index (κ2) is 12.5. The van der Waals surface area contributed by atoms with Gasteiger partial charge in [-0.3, -0.25) is 9.79 Å². The van der Waals surface area contributed by atoms with Gasteiger partial charge in [0, 0.05) is 23.0 Å². The Morgan fingerprint density at radius 3 is 1.89 bits per heavy atom. The van der Waals surface area contributed by atoms with Crippen LogP contribution >= 0.6 is 0 Å². The fourth-order valence-electron chi connectivity index (χ4n) is 2.88. The molecule has 0 heterocycles. The van der Waals surface area contributed by atoms with Crippen LogP contribution in [0.4, 0.5) is 54.0 Å². The minimum atomic E-state index is -6.64. The first-order valence-electron chi connectivity index (χ1n) is 9.53. The third-order valence-electron chi connectivity index (χ3n) is 4.55. The Hall–Kier alpha value is -2.65. The molecule has 1 rings (SSSR count). The van der Waals surface area contributed by atoms with Gasteiger partial charge in [-0.1, -0.05) is 18.2 Å². The number of alkyl halides is 10. The molecule has 38 heavy (non-hydrogen) atoms. The van der Waals surface area contributed by atoms with E-state index < -0.39 is 70.1 Å². The molecule has 0 aliphatic heterocycles. The van der Waals surface area contributed by atoms with Gasteiger partial charge in [0.25, 0.3) is 0 Å². The number of carbonyl (C=O) groups is 1. The largest absolute Gasteiger partial charge is 1.00 e. The van der Waals surface area contributed by atoms with Gasteiger partial charge in [0.05, 0.1) is 0 Å². The van der Waals surface area contributed by atoms with Crippen LogP contribution < -0.4 is 34.9 Å². The summed E-state index contributed by atoms with van der Waals surface area (Å²) >= 11 is 0. The number of aryl methyl sites for hydroxylation is 1. The normalized spacial score (nSPS) is 13.4. The zero-order chi connectivity index (χ0) is 29.1. The number of aliphatic imine (C=N–C) groups is 1. The first-order chi connectivity index (χ1) is 16.6. The Bertz CT molecular complexity index is 1150. The van der Waals surface area contributed by atoms with Gasteiger partial charge in [-0.25, -0.2) is 4.39 Å². The van der Waals surface area contributed by atoms with E-state index in [4.69, 9.17) is 0 Å². The van der Waals surface area contributed by atoms with Crippen molar-refractivity contribution in [2.45, 2.75) is 38.0 Å². The summed E-state index contributed by atoms with van der Waals surface area (Å²) in [7, 11) is 0. The van der Waals surface area contributed by atoms with Crippen molar-refractivity contribution in [3.05, 3.63) is 82.2 Å². The second-order valence-corrected chi connectivity index (χ2v) is 7.37. The van der Waals surface area contributed by atoms with Gasteiger partial charge in [-0.2, -0.15) is 43.9 Å². The summed E-state index contributed by atoms with van der Waals surface area (Å²) in [6, 6.07) is -2.62. The second-order valence-electron chi connectivity index (χ2n) is 7.37. The zero-order valence-electron chi connectivity index (χ0n) is 19.9. The van der Waals surface area contributed by atoms with Crippen LogP contribution in [0.2, 0.25) is 0 Å². The summed E-state index contributed by atoms with van der Waals surface area (Å²) in [5.74, 6) is 0. The summed E-state index contributed by atoms with van der Waals surface area (Å²) in [4.78, 5) is 14.0. The molecule has 0 unspecified atom stereocenters. The van der Waals surface area contributed by atoms with Gasteiger partial charge >= 0.3 is 59.8 Å². The van der Waals surface area contributed by atoms with Crippen molar-refractivity contribution < 1.29 is 82.6 Å². The molecule has 16 heteroatoms. The predicted molar refractivity (Wildman–Crippen MR) is 113 cm³/mol. The maximum absolute atomic E-state index is 14.4. The predicted octanol–water partition coefficient (Wildman–Crippen LogP) is 4.91. The Morgan fingerprint density at radius 2 is 1.50 bits per heavy atom. The number of nitrogens with zero attached hydrogens (tertiary/aromatic N) is 2. The third kappa shape index (κ3) is 7.93. The molecular formula is C22H17F11N3NaO. The summed E-state index contributed by atoms with van der Waals surface area (Å²) in [6.07, 6.45) is -16.9. The summed E-state index contributed by atoms with van der Waals surface area (Å²) in [5.41, 5.74) is -14.2. The maximum atomic E-state index is 14.4. The third-order valence-corrected chi connectivity index (χ3v) is 4.55. The van der Waals surface area contributed by atoms with Crippen LogP contribution in [-0.4, -0.2) is 25.1 Å². The van der Waals surface area contributed by atoms with E-state index in [1.54, 1.807) is 0 Å². The van der Waals surface area contributed by atoms with Crippen LogP contribution in [0.5, 0.6) is 0 Å². The van der Waals surface area contributed by atoms with Crippen molar-refractivity contribution in [1.29, 1.82) is 0 Å². The fraction of sp³-hybridized carbons (Fsp3) is 0.273. The molecule has 0 saturated carbocycles. The number of nitrogens with one attached hydrogen (secondary N) is 1. The molecule has 1 aromatic carbocycles. The van der Waals surface area contributed by atoms with E-state index in [0.29, 0.717) is 6.92 Å². The Balaban J connectivity index is 0.0000137. The van der Waals surface area contributed by atoms with E-state index in [2.05, 4.69) is 35.5 Å². The van der Waals surface area contributed by atoms with E-state index in [9.17, 15) is 53.1 Å². The van der Waals surface area contributed by atoms with E-state index in [1.165, 1.54) is 6.92 Å². The van der Waals surface area contributed by atoms with Crippen molar-refractivity contribution >= 4 is 18.4 Å². The molecule has 0 amide bonds. The average molecular weight is 571 g/mol. The van der Waals surface area contributed by atoms with Crippen molar-refractivity contribution in [1.82, 2.24) is 5.32 Å². The summed E-state index contributed by atoms with van der Waals surface area (Å²) in [6.45, 7) is 11.5. The van der Waals surface area contributed by atoms with E-state index in [-0.39, 0.29) is 46.9 Å². The van der Waals surface area contributed by atoms with Crippen molar-refractivity contribution in [2.75, 3.05) is 0 Å². The smallest absolute Gasteiger partial charge is 0.657 e. The van der Waals surface area contributed by atoms with Crippen LogP contribution in [0, 0.1) is 6.92 Å². The molecule has 1 aromatic rings. The first kappa shape index (κ1) is 35.4. The number of rotatable bonds is 9. The molecule has 0 saturated heterocycles. The molecule has 0 atom stereocenters. The fourth-order valence-corrected chi connectivity index (χ4v) is 2.88. The number of hydrogen-bond acceptors (Lipinski definition) is 3. The number of halogens is 11. The van der Waals surface area contributed by atoms with E-state index in [1.807, 2.05) is 0 Å². The Kier molecular flexibility index (Phi) is 11.6. The molecule has 0 spiro atoms. The van der Waals surface area contributed by atoms with Gasteiger partial charge in [0.1, 0.15) is 5.70 Å². The molecule has 0 bridgehead atoms. The molecule has 0 aliphatic carbocycles. The molecule has 0 aromatic heterocycles. The van der Waals surface area contributed by atoms with E-state index in [0.717, 1.165) is 12.3 Å². The Morgan fingerprint density at radius 1 is 1.00 bits per heavy atom. The van der Waals surface area contributed by atoms with Crippen LogP contribution in [0.1, 0.15) is 23.6 Å². The van der Waals surface area contributed by atoms with Gasteiger partial charge in [-0.15, -0.1) is 18.0 Å². The van der Waals surface area contributed by atoms with Gasteiger partial charge < -0.3 is 10.6 Å². The number of carbonyl (C=O) groups excluding carboxylic acids is 1. The molecule has 0 radical (unpaired) electrons. The zero-order valence-corrected chi connectivity index (χ0v) is 21.9. The molecule has 204 valence electrons. The maximum Gasteiger partial charge on any atom is 1.00 e. The molecule has 0 aliphatic rings. The summed E-state index contributed by atoms with van der Waals surface area (Å²) < 4.78 is 147. The van der Waals surface area contributed by atoms with E-state index >= 15 is 0 Å². The van der Waals surface area contributed by atoms with Crippen LogP contribution in [0.3, 0.4) is 0 Å². The monoisotopic (exact) mass is 571 g/mol. The topological polar surface area (TPSA) is 55.6 Å². The number of hydrogen-bond donors (Lipinski definition) is 1. The first-order valence-corrected chi connectivity index (χ1v) is 9.53. The number of benzene rings is 1. The molecule has 4 nitrogen and oxygen atoms in total. The van der Waals surface area contributed by atoms with Gasteiger partial charge in [-0.05, 0) is 38.3 Å². The van der Waals surface area contributed by atoms with Crippen molar-refractivity contribution in [3.63, 3.8) is 0 Å². The van der Waals surface area contributed by atoms with Gasteiger partial charge in [0.2, 0.25) is 0 Å². The van der Waals surface area contributed by atoms with Crippen LogP contribution in [-0.2, 0) is 16.6 Å². The standard InChI is InChI=1S/C22H17F11N3O.Na/c1-10-6-15(19(24,21(28,29)30)22(31,32)33)8-16(20(25,26)27)17(10)36-12(3)14(9-34-5)7-11(2)35-13(4)18(23)37;/h6-9,35H,3-5H2,1-2H3;/q-1;+1/b11-7+,14-9+;. The minimum Gasteiger partial charge on any atom is -0.657 e. The van der Waals surface area contributed by atoms with Crippen molar-refractivity contribution in [2.24, 2.45) is 4.99 Å². The average Bonchev–Trinajstić information content (AvgIpc) is 2.71. The van der Waals surface area contributed by atoms with Crippen molar-refractivity contribution in [3.8, 4) is 0 Å². The molecule has 0 fully saturated rings. The van der Waals surface area contributed by atoms with Crippen LogP contribution in [0.15, 0.2) is 65.2 Å². The number of allylic oxidation sites excluding steroid dienone is 3. The minimum absolute atomic E-state index is 0. The van der Waals surface area contributed by atoms with Crippen LogP contribution in [0.25, 0.3) is 5.32 Å². The van der Waals surface area contributed by atoms with Gasteiger partial charge in [0.15, 0.2) is 0 Å². The summed E-state index contributed by atoms with van der Waals surface area (Å²) in [5, 5.41) is 5.78. The Labute approximate surface area is 231 Å². The quantitative estimate of drug-likeness (QED) is 0.114. The molecule has 1 N–H and O–H groups in total.